The number of rotatable bonds is 4. The number of cyclic esters (lactones) is 1. The highest BCUT2D eigenvalue weighted by Gasteiger charge is 2.32. The summed E-state index contributed by atoms with van der Waals surface area (Å²) in [6.07, 6.45) is -0.503. The summed E-state index contributed by atoms with van der Waals surface area (Å²) in [7, 11) is 0. The van der Waals surface area contributed by atoms with Gasteiger partial charge in [-0.05, 0) is 31.3 Å². The van der Waals surface area contributed by atoms with Crippen LogP contribution >= 0.6 is 12.2 Å². The van der Waals surface area contributed by atoms with E-state index in [2.05, 4.69) is 10.6 Å². The number of anilines is 1. The summed E-state index contributed by atoms with van der Waals surface area (Å²) in [4.78, 5) is 13.4. The standard InChI is InChI=1S/C13H17N3O2S/c1-2-14-12(19)15-8-11-9-16(13(17)18-11)10-6-4-3-5-7-10/h3-7,11H,2,8-9H2,1H3,(H2,14,15,19)/t11-/m0/s1. The molecule has 1 heterocycles. The van der Waals surface area contributed by atoms with Crippen LogP contribution in [0.1, 0.15) is 6.92 Å². The number of hydrogen-bond donors (Lipinski definition) is 2. The molecule has 5 nitrogen and oxygen atoms in total. The molecule has 19 heavy (non-hydrogen) atoms. The second kappa shape index (κ2) is 6.38. The minimum Gasteiger partial charge on any atom is -0.442 e. The van der Waals surface area contributed by atoms with E-state index in [1.54, 1.807) is 4.90 Å². The smallest absolute Gasteiger partial charge is 0.414 e. The van der Waals surface area contributed by atoms with E-state index in [1.165, 1.54) is 0 Å². The molecule has 0 bridgehead atoms. The Morgan fingerprint density at radius 3 is 2.84 bits per heavy atom. The maximum Gasteiger partial charge on any atom is 0.414 e. The molecule has 1 aliphatic heterocycles. The van der Waals surface area contributed by atoms with Crippen molar-refractivity contribution in [3.63, 3.8) is 0 Å². The van der Waals surface area contributed by atoms with Gasteiger partial charge < -0.3 is 15.4 Å². The Morgan fingerprint density at radius 2 is 2.16 bits per heavy atom. The van der Waals surface area contributed by atoms with E-state index in [-0.39, 0.29) is 12.2 Å². The third kappa shape index (κ3) is 3.57. The van der Waals surface area contributed by atoms with Gasteiger partial charge in [0.05, 0.1) is 13.1 Å². The number of carbonyl (C=O) groups excluding carboxylic acids is 1. The van der Waals surface area contributed by atoms with Crippen molar-refractivity contribution in [1.82, 2.24) is 10.6 Å². The molecule has 6 heteroatoms. The summed E-state index contributed by atoms with van der Waals surface area (Å²) >= 11 is 5.06. The molecule has 2 N–H and O–H groups in total. The molecule has 0 radical (unpaired) electrons. The Bertz CT molecular complexity index is 452. The number of benzene rings is 1. The lowest BCUT2D eigenvalue weighted by molar-refractivity contribution is 0.143. The number of nitrogens with one attached hydrogen (secondary N) is 2. The summed E-state index contributed by atoms with van der Waals surface area (Å²) < 4.78 is 5.29. The molecule has 0 unspecified atom stereocenters. The zero-order chi connectivity index (χ0) is 13.7. The van der Waals surface area contributed by atoms with Gasteiger partial charge in [0.2, 0.25) is 0 Å². The van der Waals surface area contributed by atoms with Crippen LogP contribution in [0.25, 0.3) is 0 Å². The fraction of sp³-hybridized carbons (Fsp3) is 0.385. The quantitative estimate of drug-likeness (QED) is 0.818. The van der Waals surface area contributed by atoms with E-state index < -0.39 is 0 Å². The lowest BCUT2D eigenvalue weighted by Crippen LogP contribution is -2.40. The van der Waals surface area contributed by atoms with E-state index in [9.17, 15) is 4.79 Å². The SMILES string of the molecule is CCNC(=S)NC[C@H]1CN(c2ccccc2)C(=O)O1. The topological polar surface area (TPSA) is 53.6 Å². The Balaban J connectivity index is 1.88. The van der Waals surface area contributed by atoms with Crippen LogP contribution in [0.3, 0.4) is 0 Å². The first-order chi connectivity index (χ1) is 9.20. The van der Waals surface area contributed by atoms with Gasteiger partial charge in [-0.3, -0.25) is 4.90 Å². The largest absolute Gasteiger partial charge is 0.442 e. The first-order valence-corrected chi connectivity index (χ1v) is 6.66. The fourth-order valence-corrected chi connectivity index (χ4v) is 2.10. The highest BCUT2D eigenvalue weighted by atomic mass is 32.1. The van der Waals surface area contributed by atoms with Crippen LogP contribution in [0.5, 0.6) is 0 Å². The Hall–Kier alpha value is -1.82. The number of amides is 1. The minimum absolute atomic E-state index is 0.190. The molecule has 1 aromatic rings. The zero-order valence-electron chi connectivity index (χ0n) is 10.8. The normalized spacial score (nSPS) is 18.1. The average molecular weight is 279 g/mol. The molecule has 1 aliphatic rings. The molecular weight excluding hydrogens is 262 g/mol. The van der Waals surface area contributed by atoms with Gasteiger partial charge in [-0.25, -0.2) is 4.79 Å². The van der Waals surface area contributed by atoms with Crippen LogP contribution in [0.2, 0.25) is 0 Å². The molecule has 2 rings (SSSR count). The van der Waals surface area contributed by atoms with E-state index in [0.717, 1.165) is 12.2 Å². The first-order valence-electron chi connectivity index (χ1n) is 6.25. The predicted molar refractivity (Wildman–Crippen MR) is 78.3 cm³/mol. The van der Waals surface area contributed by atoms with Crippen LogP contribution in [0.15, 0.2) is 30.3 Å². The summed E-state index contributed by atoms with van der Waals surface area (Å²) in [5.41, 5.74) is 0.851. The van der Waals surface area contributed by atoms with Crippen molar-refractivity contribution in [1.29, 1.82) is 0 Å². The van der Waals surface area contributed by atoms with Gasteiger partial charge in [0.1, 0.15) is 6.10 Å². The van der Waals surface area contributed by atoms with Crippen molar-refractivity contribution in [3.05, 3.63) is 30.3 Å². The number of para-hydroxylation sites is 1. The molecule has 1 saturated heterocycles. The number of ether oxygens (including phenoxy) is 1. The molecule has 0 aromatic heterocycles. The molecule has 0 aliphatic carbocycles. The van der Waals surface area contributed by atoms with E-state index in [4.69, 9.17) is 17.0 Å². The number of nitrogens with zero attached hydrogens (tertiary/aromatic N) is 1. The predicted octanol–water partition coefficient (Wildman–Crippen LogP) is 1.50. The van der Waals surface area contributed by atoms with Crippen LogP contribution in [-0.2, 0) is 4.74 Å². The van der Waals surface area contributed by atoms with Crippen molar-refractivity contribution in [2.24, 2.45) is 0 Å². The zero-order valence-corrected chi connectivity index (χ0v) is 11.6. The van der Waals surface area contributed by atoms with Gasteiger partial charge in [0, 0.05) is 12.2 Å². The third-order valence-electron chi connectivity index (χ3n) is 2.77. The lowest BCUT2D eigenvalue weighted by atomic mass is 10.3. The molecular formula is C13H17N3O2S. The van der Waals surface area contributed by atoms with Crippen molar-refractivity contribution in [2.45, 2.75) is 13.0 Å². The number of carbonyl (C=O) groups is 1. The summed E-state index contributed by atoms with van der Waals surface area (Å²) in [6, 6.07) is 9.49. The lowest BCUT2D eigenvalue weighted by Gasteiger charge is -2.13. The maximum atomic E-state index is 11.8. The minimum atomic E-state index is -0.313. The maximum absolute atomic E-state index is 11.8. The van der Waals surface area contributed by atoms with Crippen LogP contribution in [-0.4, -0.2) is 36.9 Å². The Morgan fingerprint density at radius 1 is 1.42 bits per heavy atom. The monoisotopic (exact) mass is 279 g/mol. The van der Waals surface area contributed by atoms with E-state index in [0.29, 0.717) is 18.2 Å². The van der Waals surface area contributed by atoms with Gasteiger partial charge in [0.15, 0.2) is 5.11 Å². The van der Waals surface area contributed by atoms with Crippen LogP contribution in [0, 0.1) is 0 Å². The molecule has 0 saturated carbocycles. The average Bonchev–Trinajstić information content (AvgIpc) is 2.79. The second-order valence-corrected chi connectivity index (χ2v) is 4.60. The molecule has 1 amide bonds. The second-order valence-electron chi connectivity index (χ2n) is 4.19. The Labute approximate surface area is 117 Å². The molecule has 1 atom stereocenters. The van der Waals surface area contributed by atoms with Gasteiger partial charge >= 0.3 is 6.09 Å². The van der Waals surface area contributed by atoms with Gasteiger partial charge in [-0.2, -0.15) is 0 Å². The summed E-state index contributed by atoms with van der Waals surface area (Å²) in [6.45, 7) is 3.79. The van der Waals surface area contributed by atoms with Crippen molar-refractivity contribution in [3.8, 4) is 0 Å². The van der Waals surface area contributed by atoms with E-state index in [1.807, 2.05) is 37.3 Å². The van der Waals surface area contributed by atoms with Gasteiger partial charge in [-0.15, -0.1) is 0 Å². The summed E-state index contributed by atoms with van der Waals surface area (Å²) in [5, 5.41) is 6.60. The summed E-state index contributed by atoms with van der Waals surface area (Å²) in [5.74, 6) is 0. The van der Waals surface area contributed by atoms with Crippen molar-refractivity contribution < 1.29 is 9.53 Å². The van der Waals surface area contributed by atoms with Gasteiger partial charge in [-0.1, -0.05) is 18.2 Å². The van der Waals surface area contributed by atoms with Crippen LogP contribution in [0.4, 0.5) is 10.5 Å². The highest BCUT2D eigenvalue weighted by molar-refractivity contribution is 7.80. The van der Waals surface area contributed by atoms with Crippen molar-refractivity contribution >= 4 is 29.1 Å². The molecule has 0 spiro atoms. The first kappa shape index (κ1) is 13.6. The van der Waals surface area contributed by atoms with Crippen molar-refractivity contribution in [2.75, 3.05) is 24.5 Å². The number of thiocarbonyl (C=S) groups is 1. The number of hydrogen-bond acceptors (Lipinski definition) is 3. The molecule has 1 fully saturated rings. The molecule has 1 aromatic carbocycles. The van der Waals surface area contributed by atoms with Gasteiger partial charge in [0.25, 0.3) is 0 Å². The molecule has 102 valence electrons. The third-order valence-corrected chi connectivity index (χ3v) is 3.06. The van der Waals surface area contributed by atoms with E-state index >= 15 is 0 Å². The fourth-order valence-electron chi connectivity index (χ4n) is 1.88. The highest BCUT2D eigenvalue weighted by Crippen LogP contribution is 2.20. The Kier molecular flexibility index (Phi) is 4.57. The van der Waals surface area contributed by atoms with Crippen LogP contribution < -0.4 is 15.5 Å².